The van der Waals surface area contributed by atoms with Crippen molar-refractivity contribution in [3.8, 4) is 11.3 Å². The Bertz CT molecular complexity index is 1190. The van der Waals surface area contributed by atoms with E-state index >= 15 is 0 Å². The topological polar surface area (TPSA) is 87.7 Å². The Labute approximate surface area is 165 Å². The molecule has 28 heavy (non-hydrogen) atoms. The average molecular weight is 390 g/mol. The summed E-state index contributed by atoms with van der Waals surface area (Å²) in [5.41, 5.74) is 3.38. The smallest absolute Gasteiger partial charge is 0.272 e. The Kier molecular flexibility index (Phi) is 4.99. The van der Waals surface area contributed by atoms with E-state index < -0.39 is 0 Å². The van der Waals surface area contributed by atoms with Crippen molar-refractivity contribution < 1.29 is 4.79 Å². The van der Waals surface area contributed by atoms with Crippen LogP contribution < -0.4 is 10.9 Å². The molecule has 7 heteroatoms. The molecule has 2 heterocycles. The number of aromatic amines is 1. The van der Waals surface area contributed by atoms with Crippen LogP contribution in [0.5, 0.6) is 0 Å². The van der Waals surface area contributed by atoms with E-state index in [0.717, 1.165) is 17.7 Å². The molecule has 0 atom stereocenters. The first-order valence-electron chi connectivity index (χ1n) is 8.95. The number of H-pyrrole nitrogens is 1. The van der Waals surface area contributed by atoms with E-state index in [4.69, 9.17) is 0 Å². The summed E-state index contributed by atoms with van der Waals surface area (Å²) in [5.74, 6) is -0.230. The molecule has 0 aliphatic rings. The van der Waals surface area contributed by atoms with Gasteiger partial charge in [-0.3, -0.25) is 9.59 Å². The van der Waals surface area contributed by atoms with Crippen LogP contribution in [0.3, 0.4) is 0 Å². The van der Waals surface area contributed by atoms with Crippen LogP contribution in [0.4, 0.5) is 5.13 Å². The third kappa shape index (κ3) is 3.70. The summed E-state index contributed by atoms with van der Waals surface area (Å²) in [6, 6.07) is 15.4. The summed E-state index contributed by atoms with van der Waals surface area (Å²) in [6.07, 6.45) is 1.05. The highest BCUT2D eigenvalue weighted by atomic mass is 32.1. The fourth-order valence-corrected chi connectivity index (χ4v) is 3.73. The Balaban J connectivity index is 1.50. The van der Waals surface area contributed by atoms with Crippen LogP contribution in [0.25, 0.3) is 22.0 Å². The van der Waals surface area contributed by atoms with Crippen molar-refractivity contribution in [3.63, 3.8) is 0 Å². The second kappa shape index (κ2) is 7.74. The summed E-state index contributed by atoms with van der Waals surface area (Å²) in [6.45, 7) is 2.12. The number of carbonyl (C=O) groups excluding carboxylic acids is 1. The predicted octanol–water partition coefficient (Wildman–Crippen LogP) is 3.79. The molecule has 2 aromatic heterocycles. The number of thiazole rings is 1. The van der Waals surface area contributed by atoms with E-state index in [-0.39, 0.29) is 17.9 Å². The van der Waals surface area contributed by atoms with Gasteiger partial charge in [-0.25, -0.2) is 10.1 Å². The number of aromatic nitrogens is 3. The number of fused-ring (bicyclic) bond motifs is 1. The molecular formula is C21H18N4O2S. The van der Waals surface area contributed by atoms with Crippen molar-refractivity contribution in [2.45, 2.75) is 19.8 Å². The zero-order chi connectivity index (χ0) is 19.5. The van der Waals surface area contributed by atoms with Crippen molar-refractivity contribution >= 4 is 33.1 Å². The van der Waals surface area contributed by atoms with Gasteiger partial charge in [0.05, 0.1) is 23.2 Å². The molecule has 0 bridgehead atoms. The van der Waals surface area contributed by atoms with Gasteiger partial charge in [-0.05, 0) is 18.1 Å². The van der Waals surface area contributed by atoms with Gasteiger partial charge in [0.1, 0.15) is 0 Å². The van der Waals surface area contributed by atoms with Gasteiger partial charge < -0.3 is 5.32 Å². The molecule has 0 spiro atoms. The SMILES string of the molecule is CCc1ccc(-c2csc(NC(=O)Cc3n[nH]c(=O)c4ccccc34)n2)cc1. The number of nitrogens with one attached hydrogen (secondary N) is 2. The minimum Gasteiger partial charge on any atom is -0.302 e. The van der Waals surface area contributed by atoms with Crippen LogP contribution >= 0.6 is 11.3 Å². The number of aryl methyl sites for hydroxylation is 1. The van der Waals surface area contributed by atoms with Gasteiger partial charge in [0, 0.05) is 16.3 Å². The zero-order valence-electron chi connectivity index (χ0n) is 15.2. The lowest BCUT2D eigenvalue weighted by Crippen LogP contribution is -2.18. The Morgan fingerprint density at radius 1 is 1.11 bits per heavy atom. The van der Waals surface area contributed by atoms with Gasteiger partial charge in [0.2, 0.25) is 5.91 Å². The molecular weight excluding hydrogens is 372 g/mol. The average Bonchev–Trinajstić information content (AvgIpc) is 3.19. The summed E-state index contributed by atoms with van der Waals surface area (Å²) >= 11 is 1.38. The molecule has 6 nitrogen and oxygen atoms in total. The van der Waals surface area contributed by atoms with Crippen LogP contribution in [0.1, 0.15) is 18.2 Å². The maximum Gasteiger partial charge on any atom is 0.272 e. The van der Waals surface area contributed by atoms with E-state index in [1.54, 1.807) is 18.2 Å². The minimum absolute atomic E-state index is 0.0530. The summed E-state index contributed by atoms with van der Waals surface area (Å²) in [5, 5.41) is 13.0. The second-order valence-corrected chi connectivity index (χ2v) is 7.22. The maximum absolute atomic E-state index is 12.5. The normalized spacial score (nSPS) is 10.9. The lowest BCUT2D eigenvalue weighted by molar-refractivity contribution is -0.115. The van der Waals surface area contributed by atoms with Crippen molar-refractivity contribution in [2.75, 3.05) is 5.32 Å². The summed E-state index contributed by atoms with van der Waals surface area (Å²) < 4.78 is 0. The molecule has 1 amide bonds. The van der Waals surface area contributed by atoms with Crippen molar-refractivity contribution in [1.29, 1.82) is 0 Å². The fraction of sp³-hybridized carbons (Fsp3) is 0.143. The zero-order valence-corrected chi connectivity index (χ0v) is 16.0. The highest BCUT2D eigenvalue weighted by molar-refractivity contribution is 7.14. The molecule has 0 saturated carbocycles. The lowest BCUT2D eigenvalue weighted by atomic mass is 10.1. The largest absolute Gasteiger partial charge is 0.302 e. The first-order chi connectivity index (χ1) is 13.6. The van der Waals surface area contributed by atoms with Crippen molar-refractivity contribution in [3.05, 3.63) is 75.5 Å². The first kappa shape index (κ1) is 18.1. The summed E-state index contributed by atoms with van der Waals surface area (Å²) in [4.78, 5) is 28.8. The van der Waals surface area contributed by atoms with Crippen LogP contribution in [-0.4, -0.2) is 21.1 Å². The molecule has 2 N–H and O–H groups in total. The number of nitrogens with zero attached hydrogens (tertiary/aromatic N) is 2. The molecule has 0 radical (unpaired) electrons. The number of hydrogen-bond donors (Lipinski definition) is 2. The fourth-order valence-electron chi connectivity index (χ4n) is 3.00. The molecule has 0 aliphatic carbocycles. The third-order valence-corrected chi connectivity index (χ3v) is 5.27. The molecule has 0 unspecified atom stereocenters. The number of rotatable bonds is 5. The molecule has 2 aromatic carbocycles. The van der Waals surface area contributed by atoms with Crippen LogP contribution in [0.2, 0.25) is 0 Å². The minimum atomic E-state index is -0.265. The number of carbonyl (C=O) groups is 1. The molecule has 4 rings (SSSR count). The number of anilines is 1. The Morgan fingerprint density at radius 2 is 1.86 bits per heavy atom. The molecule has 0 saturated heterocycles. The monoisotopic (exact) mass is 390 g/mol. The van der Waals surface area contributed by atoms with E-state index in [9.17, 15) is 9.59 Å². The standard InChI is InChI=1S/C21H18N4O2S/c1-2-13-7-9-14(10-8-13)18-12-28-21(22-18)23-19(26)11-17-15-5-3-4-6-16(15)20(27)25-24-17/h3-10,12H,2,11H2,1H3,(H,25,27)(H,22,23,26). The number of amides is 1. The van der Waals surface area contributed by atoms with Gasteiger partial charge in [0.15, 0.2) is 5.13 Å². The Morgan fingerprint density at radius 3 is 2.61 bits per heavy atom. The van der Waals surface area contributed by atoms with Crippen LogP contribution in [0, 0.1) is 0 Å². The quantitative estimate of drug-likeness (QED) is 0.543. The van der Waals surface area contributed by atoms with Crippen LogP contribution in [0.15, 0.2) is 58.7 Å². The third-order valence-electron chi connectivity index (χ3n) is 4.51. The van der Waals surface area contributed by atoms with Gasteiger partial charge in [-0.2, -0.15) is 5.10 Å². The number of benzene rings is 2. The lowest BCUT2D eigenvalue weighted by Gasteiger charge is -2.05. The van der Waals surface area contributed by atoms with Gasteiger partial charge in [-0.1, -0.05) is 49.4 Å². The second-order valence-electron chi connectivity index (χ2n) is 6.36. The van der Waals surface area contributed by atoms with Crippen molar-refractivity contribution in [2.24, 2.45) is 0 Å². The highest BCUT2D eigenvalue weighted by Gasteiger charge is 2.13. The maximum atomic E-state index is 12.5. The van der Waals surface area contributed by atoms with Crippen LogP contribution in [-0.2, 0) is 17.6 Å². The first-order valence-corrected chi connectivity index (χ1v) is 9.83. The summed E-state index contributed by atoms with van der Waals surface area (Å²) in [7, 11) is 0. The van der Waals surface area contributed by atoms with E-state index in [2.05, 4.69) is 39.6 Å². The van der Waals surface area contributed by atoms with E-state index in [0.29, 0.717) is 21.6 Å². The molecule has 140 valence electrons. The van der Waals surface area contributed by atoms with E-state index in [1.807, 2.05) is 23.6 Å². The molecule has 0 fully saturated rings. The molecule has 0 aliphatic heterocycles. The van der Waals surface area contributed by atoms with Crippen molar-refractivity contribution in [1.82, 2.24) is 15.2 Å². The van der Waals surface area contributed by atoms with Gasteiger partial charge >= 0.3 is 0 Å². The Hall–Kier alpha value is -3.32. The highest BCUT2D eigenvalue weighted by Crippen LogP contribution is 2.25. The van der Waals surface area contributed by atoms with E-state index in [1.165, 1.54) is 16.9 Å². The van der Waals surface area contributed by atoms with Gasteiger partial charge in [0.25, 0.3) is 5.56 Å². The molecule has 4 aromatic rings. The van der Waals surface area contributed by atoms with Gasteiger partial charge in [-0.15, -0.1) is 11.3 Å². The number of hydrogen-bond acceptors (Lipinski definition) is 5. The predicted molar refractivity (Wildman–Crippen MR) is 112 cm³/mol.